The van der Waals surface area contributed by atoms with E-state index in [1.807, 2.05) is 0 Å². The standard InChI is InChI=1S/C12H14ClN3O3S/c1-18-11-3-2-8(13)4-10(11)14-5-9(17)7-19-12-6-15-20-16-12/h2-4,6,9,14,17H,5,7H2,1H3. The second-order valence-corrected chi connectivity index (χ2v) is 4.93. The maximum Gasteiger partial charge on any atom is 0.245 e. The Labute approximate surface area is 125 Å². The highest BCUT2D eigenvalue weighted by Gasteiger charge is 2.09. The minimum atomic E-state index is -0.694. The van der Waals surface area contributed by atoms with E-state index in [4.69, 9.17) is 21.1 Å². The van der Waals surface area contributed by atoms with Crippen LogP contribution < -0.4 is 14.8 Å². The number of nitrogens with zero attached hydrogens (tertiary/aromatic N) is 2. The number of rotatable bonds is 7. The number of aliphatic hydroxyl groups excluding tert-OH is 1. The summed E-state index contributed by atoms with van der Waals surface area (Å²) in [4.78, 5) is 0. The summed E-state index contributed by atoms with van der Waals surface area (Å²) in [7, 11) is 1.57. The topological polar surface area (TPSA) is 76.5 Å². The fourth-order valence-electron chi connectivity index (χ4n) is 1.51. The Balaban J connectivity index is 1.83. The first kappa shape index (κ1) is 14.8. The van der Waals surface area contributed by atoms with Crippen molar-refractivity contribution in [3.8, 4) is 11.6 Å². The Bertz CT molecular complexity index is 539. The van der Waals surface area contributed by atoms with Crippen LogP contribution in [0.15, 0.2) is 24.4 Å². The molecule has 0 amide bonds. The molecule has 0 saturated carbocycles. The van der Waals surface area contributed by atoms with Gasteiger partial charge < -0.3 is 19.9 Å². The molecule has 0 bridgehead atoms. The summed E-state index contributed by atoms with van der Waals surface area (Å²) in [6.45, 7) is 0.426. The average molecular weight is 316 g/mol. The lowest BCUT2D eigenvalue weighted by Gasteiger charge is -2.15. The Hall–Kier alpha value is -1.57. The molecule has 20 heavy (non-hydrogen) atoms. The van der Waals surface area contributed by atoms with Crippen LogP contribution in [-0.2, 0) is 0 Å². The zero-order valence-corrected chi connectivity index (χ0v) is 12.3. The van der Waals surface area contributed by atoms with Crippen molar-refractivity contribution in [2.45, 2.75) is 6.10 Å². The SMILES string of the molecule is COc1ccc(Cl)cc1NCC(O)COc1cnsn1. The van der Waals surface area contributed by atoms with Gasteiger partial charge in [0.05, 0.1) is 24.5 Å². The lowest BCUT2D eigenvalue weighted by Crippen LogP contribution is -2.26. The van der Waals surface area contributed by atoms with Crippen molar-refractivity contribution in [1.29, 1.82) is 0 Å². The van der Waals surface area contributed by atoms with E-state index >= 15 is 0 Å². The maximum absolute atomic E-state index is 9.84. The summed E-state index contributed by atoms with van der Waals surface area (Å²) in [6.07, 6.45) is 0.811. The number of aromatic nitrogens is 2. The molecule has 2 N–H and O–H groups in total. The van der Waals surface area contributed by atoms with Gasteiger partial charge in [0.15, 0.2) is 0 Å². The monoisotopic (exact) mass is 315 g/mol. The number of ether oxygens (including phenoxy) is 2. The molecular weight excluding hydrogens is 302 g/mol. The smallest absolute Gasteiger partial charge is 0.245 e. The highest BCUT2D eigenvalue weighted by molar-refractivity contribution is 6.99. The molecule has 0 saturated heterocycles. The average Bonchev–Trinajstić information content (AvgIpc) is 2.96. The van der Waals surface area contributed by atoms with Crippen molar-refractivity contribution >= 4 is 29.0 Å². The van der Waals surface area contributed by atoms with E-state index in [2.05, 4.69) is 14.1 Å². The van der Waals surface area contributed by atoms with Gasteiger partial charge in [-0.3, -0.25) is 0 Å². The van der Waals surface area contributed by atoms with Crippen LogP contribution in [0.1, 0.15) is 0 Å². The molecule has 0 spiro atoms. The summed E-state index contributed by atoms with van der Waals surface area (Å²) < 4.78 is 18.2. The quantitative estimate of drug-likeness (QED) is 0.814. The summed E-state index contributed by atoms with van der Waals surface area (Å²) in [5.41, 5.74) is 0.717. The molecule has 1 atom stereocenters. The number of hydrogen-bond acceptors (Lipinski definition) is 7. The normalized spacial score (nSPS) is 11.9. The molecule has 0 aliphatic heterocycles. The van der Waals surface area contributed by atoms with Crippen LogP contribution in [0.3, 0.4) is 0 Å². The number of nitrogens with one attached hydrogen (secondary N) is 1. The van der Waals surface area contributed by atoms with E-state index in [0.29, 0.717) is 23.2 Å². The van der Waals surface area contributed by atoms with E-state index in [0.717, 1.165) is 17.4 Å². The van der Waals surface area contributed by atoms with Gasteiger partial charge in [0.25, 0.3) is 0 Å². The van der Waals surface area contributed by atoms with Gasteiger partial charge in [-0.25, -0.2) is 0 Å². The van der Waals surface area contributed by atoms with E-state index in [1.54, 1.807) is 25.3 Å². The van der Waals surface area contributed by atoms with Gasteiger partial charge in [-0.2, -0.15) is 4.37 Å². The first-order valence-electron chi connectivity index (χ1n) is 5.85. The molecule has 6 nitrogen and oxygen atoms in total. The van der Waals surface area contributed by atoms with E-state index in [9.17, 15) is 5.11 Å². The van der Waals surface area contributed by atoms with Crippen molar-refractivity contribution < 1.29 is 14.6 Å². The number of methoxy groups -OCH3 is 1. The fourth-order valence-corrected chi connectivity index (χ4v) is 2.04. The number of hydrogen-bond donors (Lipinski definition) is 2. The second kappa shape index (κ2) is 7.28. The van der Waals surface area contributed by atoms with Gasteiger partial charge in [-0.15, -0.1) is 4.37 Å². The molecule has 0 fully saturated rings. The third kappa shape index (κ3) is 4.22. The van der Waals surface area contributed by atoms with Gasteiger partial charge in [0.2, 0.25) is 5.88 Å². The van der Waals surface area contributed by atoms with Crippen LogP contribution in [0.25, 0.3) is 0 Å². The zero-order valence-electron chi connectivity index (χ0n) is 10.7. The number of anilines is 1. The number of benzene rings is 1. The van der Waals surface area contributed by atoms with Crippen LogP contribution in [0.5, 0.6) is 11.6 Å². The van der Waals surface area contributed by atoms with Crippen molar-refractivity contribution in [1.82, 2.24) is 8.75 Å². The predicted octanol–water partition coefficient (Wildman–Crippen LogP) is 2.05. The molecular formula is C12H14ClN3O3S. The van der Waals surface area contributed by atoms with Crippen LogP contribution in [-0.4, -0.2) is 40.2 Å². The fraction of sp³-hybridized carbons (Fsp3) is 0.333. The first-order chi connectivity index (χ1) is 9.69. The molecule has 1 heterocycles. The van der Waals surface area contributed by atoms with Gasteiger partial charge in [0.1, 0.15) is 24.7 Å². The van der Waals surface area contributed by atoms with Gasteiger partial charge in [0, 0.05) is 11.6 Å². The molecule has 2 rings (SSSR count). The van der Waals surface area contributed by atoms with Crippen LogP contribution >= 0.6 is 23.3 Å². The van der Waals surface area contributed by atoms with E-state index in [-0.39, 0.29) is 6.61 Å². The summed E-state index contributed by atoms with van der Waals surface area (Å²) in [5.74, 6) is 1.07. The van der Waals surface area contributed by atoms with Crippen molar-refractivity contribution in [2.24, 2.45) is 0 Å². The Morgan fingerprint density at radius 1 is 1.50 bits per heavy atom. The number of aliphatic hydroxyl groups is 1. The van der Waals surface area contributed by atoms with Crippen molar-refractivity contribution in [2.75, 3.05) is 25.6 Å². The third-order valence-corrected chi connectivity index (χ3v) is 3.15. The molecule has 108 valence electrons. The molecule has 1 aromatic heterocycles. The maximum atomic E-state index is 9.84. The second-order valence-electron chi connectivity index (χ2n) is 3.94. The predicted molar refractivity (Wildman–Crippen MR) is 77.9 cm³/mol. The van der Waals surface area contributed by atoms with Crippen LogP contribution in [0, 0.1) is 0 Å². The summed E-state index contributed by atoms with van der Waals surface area (Å²) in [5, 5.41) is 13.5. The molecule has 0 radical (unpaired) electrons. The summed E-state index contributed by atoms with van der Waals surface area (Å²) in [6, 6.07) is 5.23. The molecule has 8 heteroatoms. The minimum Gasteiger partial charge on any atom is -0.495 e. The first-order valence-corrected chi connectivity index (χ1v) is 6.95. The van der Waals surface area contributed by atoms with Crippen LogP contribution in [0.2, 0.25) is 5.02 Å². The highest BCUT2D eigenvalue weighted by Crippen LogP contribution is 2.27. The lowest BCUT2D eigenvalue weighted by molar-refractivity contribution is 0.115. The number of halogens is 1. The van der Waals surface area contributed by atoms with E-state index < -0.39 is 6.10 Å². The van der Waals surface area contributed by atoms with Gasteiger partial charge >= 0.3 is 0 Å². The largest absolute Gasteiger partial charge is 0.495 e. The molecule has 1 aromatic carbocycles. The molecule has 2 aromatic rings. The highest BCUT2D eigenvalue weighted by atomic mass is 35.5. The molecule has 1 unspecified atom stereocenters. The third-order valence-electron chi connectivity index (χ3n) is 2.45. The van der Waals surface area contributed by atoms with Crippen molar-refractivity contribution in [3.05, 3.63) is 29.4 Å². The minimum absolute atomic E-state index is 0.126. The Kier molecular flexibility index (Phi) is 5.40. The molecule has 0 aliphatic carbocycles. The Morgan fingerprint density at radius 2 is 2.35 bits per heavy atom. The molecule has 0 aliphatic rings. The Morgan fingerprint density at radius 3 is 3.05 bits per heavy atom. The van der Waals surface area contributed by atoms with E-state index in [1.165, 1.54) is 6.20 Å². The van der Waals surface area contributed by atoms with Gasteiger partial charge in [-0.1, -0.05) is 11.6 Å². The lowest BCUT2D eigenvalue weighted by atomic mass is 10.2. The van der Waals surface area contributed by atoms with Gasteiger partial charge in [-0.05, 0) is 18.2 Å². The van der Waals surface area contributed by atoms with Crippen molar-refractivity contribution in [3.63, 3.8) is 0 Å². The van der Waals surface area contributed by atoms with Crippen LogP contribution in [0.4, 0.5) is 5.69 Å². The zero-order chi connectivity index (χ0) is 14.4. The summed E-state index contributed by atoms with van der Waals surface area (Å²) >= 11 is 6.98.